The molecule has 0 spiro atoms. The third kappa shape index (κ3) is 4.08. The minimum absolute atomic E-state index is 0.0255. The number of aromatic nitrogens is 2. The Hall–Kier alpha value is -2.30. The molecule has 5 heteroatoms. The van der Waals surface area contributed by atoms with Gasteiger partial charge in [-0.2, -0.15) is 0 Å². The van der Waals surface area contributed by atoms with Crippen LogP contribution in [0.4, 0.5) is 4.79 Å². The van der Waals surface area contributed by atoms with E-state index in [9.17, 15) is 4.79 Å². The van der Waals surface area contributed by atoms with E-state index in [1.165, 1.54) is 5.56 Å². The van der Waals surface area contributed by atoms with Crippen LogP contribution >= 0.6 is 0 Å². The van der Waals surface area contributed by atoms with E-state index in [4.69, 9.17) is 0 Å². The molecule has 2 N–H and O–H groups in total. The molecule has 112 valence electrons. The Bertz CT molecular complexity index is 562. The third-order valence-corrected chi connectivity index (χ3v) is 3.52. The highest BCUT2D eigenvalue weighted by atomic mass is 16.2. The zero-order chi connectivity index (χ0) is 15.2. The SMILES string of the molecule is CCc1ccc([C@H](C)NC(=O)N(C)Cc2ncc[nH]2)cc1. The zero-order valence-electron chi connectivity index (χ0n) is 12.8. The van der Waals surface area contributed by atoms with Crippen LogP contribution in [-0.2, 0) is 13.0 Å². The first kappa shape index (κ1) is 15.1. The number of nitrogens with zero attached hydrogens (tertiary/aromatic N) is 2. The van der Waals surface area contributed by atoms with E-state index in [1.54, 1.807) is 24.3 Å². The number of amides is 2. The molecule has 0 saturated heterocycles. The fraction of sp³-hybridized carbons (Fsp3) is 0.375. The number of H-pyrrole nitrogens is 1. The Labute approximate surface area is 125 Å². The van der Waals surface area contributed by atoms with Gasteiger partial charge in [-0.15, -0.1) is 0 Å². The second-order valence-electron chi connectivity index (χ2n) is 5.16. The molecule has 2 rings (SSSR count). The fourth-order valence-electron chi connectivity index (χ4n) is 2.10. The van der Waals surface area contributed by atoms with Crippen LogP contribution in [0.2, 0.25) is 0 Å². The van der Waals surface area contributed by atoms with Gasteiger partial charge in [-0.25, -0.2) is 9.78 Å². The van der Waals surface area contributed by atoms with Crippen molar-refractivity contribution in [2.45, 2.75) is 32.9 Å². The molecule has 0 fully saturated rings. The number of hydrogen-bond donors (Lipinski definition) is 2. The van der Waals surface area contributed by atoms with Gasteiger partial charge in [0.05, 0.1) is 12.6 Å². The Morgan fingerprint density at radius 3 is 2.67 bits per heavy atom. The van der Waals surface area contributed by atoms with Gasteiger partial charge in [0.1, 0.15) is 5.82 Å². The number of rotatable bonds is 5. The van der Waals surface area contributed by atoms with Gasteiger partial charge < -0.3 is 15.2 Å². The Balaban J connectivity index is 1.91. The molecule has 0 aliphatic rings. The van der Waals surface area contributed by atoms with Gasteiger partial charge in [-0.05, 0) is 24.5 Å². The van der Waals surface area contributed by atoms with E-state index >= 15 is 0 Å². The molecule has 0 radical (unpaired) electrons. The number of aromatic amines is 1. The van der Waals surface area contributed by atoms with Crippen LogP contribution in [0.15, 0.2) is 36.7 Å². The van der Waals surface area contributed by atoms with Crippen molar-refractivity contribution in [1.82, 2.24) is 20.2 Å². The minimum Gasteiger partial charge on any atom is -0.347 e. The van der Waals surface area contributed by atoms with Crippen LogP contribution in [0.1, 0.15) is 36.8 Å². The molecule has 2 amide bonds. The lowest BCUT2D eigenvalue weighted by atomic mass is 10.1. The molecule has 0 saturated carbocycles. The lowest BCUT2D eigenvalue weighted by Crippen LogP contribution is -2.38. The maximum Gasteiger partial charge on any atom is 0.318 e. The van der Waals surface area contributed by atoms with Crippen molar-refractivity contribution in [2.75, 3.05) is 7.05 Å². The van der Waals surface area contributed by atoms with Gasteiger partial charge in [0.25, 0.3) is 0 Å². The maximum atomic E-state index is 12.1. The standard InChI is InChI=1S/C16H22N4O/c1-4-13-5-7-14(8-6-13)12(2)19-16(21)20(3)11-15-17-9-10-18-15/h5-10,12H,4,11H2,1-3H3,(H,17,18)(H,19,21)/t12-/m0/s1. The Kier molecular flexibility index (Phi) is 4.98. The number of imidazole rings is 1. The van der Waals surface area contributed by atoms with Crippen molar-refractivity contribution in [2.24, 2.45) is 0 Å². The first-order chi connectivity index (χ1) is 10.1. The summed E-state index contributed by atoms with van der Waals surface area (Å²) in [5.74, 6) is 0.771. The number of aryl methyl sites for hydroxylation is 1. The average Bonchev–Trinajstić information content (AvgIpc) is 3.00. The highest BCUT2D eigenvalue weighted by molar-refractivity contribution is 5.74. The van der Waals surface area contributed by atoms with Crippen LogP contribution in [0.25, 0.3) is 0 Å². The van der Waals surface area contributed by atoms with Crippen molar-refractivity contribution in [3.63, 3.8) is 0 Å². The van der Waals surface area contributed by atoms with Crippen LogP contribution in [0.3, 0.4) is 0 Å². The largest absolute Gasteiger partial charge is 0.347 e. The van der Waals surface area contributed by atoms with Crippen molar-refractivity contribution in [3.8, 4) is 0 Å². The summed E-state index contributed by atoms with van der Waals surface area (Å²) in [5, 5.41) is 2.99. The van der Waals surface area contributed by atoms with Gasteiger partial charge in [0.2, 0.25) is 0 Å². The summed E-state index contributed by atoms with van der Waals surface area (Å²) in [6.45, 7) is 4.57. The van der Waals surface area contributed by atoms with Crippen molar-refractivity contribution in [3.05, 3.63) is 53.6 Å². The van der Waals surface area contributed by atoms with Gasteiger partial charge in [-0.3, -0.25) is 0 Å². The molecule has 0 unspecified atom stereocenters. The fourth-order valence-corrected chi connectivity index (χ4v) is 2.10. The number of carbonyl (C=O) groups is 1. The average molecular weight is 286 g/mol. The summed E-state index contributed by atoms with van der Waals surface area (Å²) >= 11 is 0. The van der Waals surface area contributed by atoms with E-state index < -0.39 is 0 Å². The molecule has 21 heavy (non-hydrogen) atoms. The van der Waals surface area contributed by atoms with Gasteiger partial charge in [-0.1, -0.05) is 31.2 Å². The number of carbonyl (C=O) groups excluding carboxylic acids is 1. The molecule has 1 aromatic carbocycles. The van der Waals surface area contributed by atoms with E-state index in [1.807, 2.05) is 6.92 Å². The van der Waals surface area contributed by atoms with Crippen molar-refractivity contribution >= 4 is 6.03 Å². The van der Waals surface area contributed by atoms with E-state index in [-0.39, 0.29) is 12.1 Å². The van der Waals surface area contributed by atoms with Crippen molar-refractivity contribution in [1.29, 1.82) is 0 Å². The normalized spacial score (nSPS) is 12.0. The summed E-state index contributed by atoms with van der Waals surface area (Å²) < 4.78 is 0. The quantitative estimate of drug-likeness (QED) is 0.888. The second kappa shape index (κ2) is 6.92. The Morgan fingerprint density at radius 1 is 1.38 bits per heavy atom. The van der Waals surface area contributed by atoms with Crippen molar-refractivity contribution < 1.29 is 4.79 Å². The number of urea groups is 1. The highest BCUT2D eigenvalue weighted by Gasteiger charge is 2.14. The molecule has 0 bridgehead atoms. The van der Waals surface area contributed by atoms with Gasteiger partial charge in [0.15, 0.2) is 0 Å². The molecule has 2 aromatic rings. The first-order valence-electron chi connectivity index (χ1n) is 7.19. The predicted molar refractivity (Wildman–Crippen MR) is 82.8 cm³/mol. The van der Waals surface area contributed by atoms with Crippen LogP contribution in [0, 0.1) is 0 Å². The van der Waals surface area contributed by atoms with Crippen LogP contribution in [0.5, 0.6) is 0 Å². The lowest BCUT2D eigenvalue weighted by molar-refractivity contribution is 0.202. The highest BCUT2D eigenvalue weighted by Crippen LogP contribution is 2.14. The molecule has 1 atom stereocenters. The third-order valence-electron chi connectivity index (χ3n) is 3.52. The predicted octanol–water partition coefficient (Wildman–Crippen LogP) is 2.87. The molecular weight excluding hydrogens is 264 g/mol. The summed E-state index contributed by atoms with van der Waals surface area (Å²) in [4.78, 5) is 20.9. The lowest BCUT2D eigenvalue weighted by Gasteiger charge is -2.21. The molecule has 5 nitrogen and oxygen atoms in total. The summed E-state index contributed by atoms with van der Waals surface area (Å²) in [6, 6.07) is 8.20. The Morgan fingerprint density at radius 2 is 2.10 bits per heavy atom. The first-order valence-corrected chi connectivity index (χ1v) is 7.19. The molecule has 0 aliphatic carbocycles. The summed E-state index contributed by atoms with van der Waals surface area (Å²) in [7, 11) is 1.75. The molecule has 1 aromatic heterocycles. The monoisotopic (exact) mass is 286 g/mol. The molecule has 0 aliphatic heterocycles. The van der Waals surface area contributed by atoms with Gasteiger partial charge in [0, 0.05) is 19.4 Å². The van der Waals surface area contributed by atoms with E-state index in [0.717, 1.165) is 17.8 Å². The van der Waals surface area contributed by atoms with E-state index in [2.05, 4.69) is 46.5 Å². The summed E-state index contributed by atoms with van der Waals surface area (Å²) in [5.41, 5.74) is 2.40. The van der Waals surface area contributed by atoms with Crippen LogP contribution in [-0.4, -0.2) is 27.9 Å². The molecular formula is C16H22N4O. The van der Waals surface area contributed by atoms with Gasteiger partial charge >= 0.3 is 6.03 Å². The topological polar surface area (TPSA) is 61.0 Å². The molecule has 1 heterocycles. The summed E-state index contributed by atoms with van der Waals surface area (Å²) in [6.07, 6.45) is 4.45. The number of nitrogens with one attached hydrogen (secondary N) is 2. The number of hydrogen-bond acceptors (Lipinski definition) is 2. The van der Waals surface area contributed by atoms with Crippen LogP contribution < -0.4 is 5.32 Å². The maximum absolute atomic E-state index is 12.1. The van der Waals surface area contributed by atoms with E-state index in [0.29, 0.717) is 6.54 Å². The zero-order valence-corrected chi connectivity index (χ0v) is 12.8. The second-order valence-corrected chi connectivity index (χ2v) is 5.16. The smallest absolute Gasteiger partial charge is 0.318 e. The number of benzene rings is 1. The minimum atomic E-state index is -0.113.